The Bertz CT molecular complexity index is 820. The molecule has 27 heavy (non-hydrogen) atoms. The van der Waals surface area contributed by atoms with E-state index in [0.29, 0.717) is 0 Å². The van der Waals surface area contributed by atoms with Crippen molar-refractivity contribution in [2.45, 2.75) is 27.7 Å². The maximum atomic E-state index is 12.6. The number of nitrogens with one attached hydrogen (secondary N) is 1. The lowest BCUT2D eigenvalue weighted by Crippen LogP contribution is -2.44. The highest BCUT2D eigenvalue weighted by molar-refractivity contribution is 5.98. The van der Waals surface area contributed by atoms with Gasteiger partial charge >= 0.3 is 0 Å². The number of hydrogen-bond donors (Lipinski definition) is 1. The lowest BCUT2D eigenvalue weighted by Gasteiger charge is -2.33. The predicted molar refractivity (Wildman–Crippen MR) is 110 cm³/mol. The van der Waals surface area contributed by atoms with Crippen LogP contribution in [0.2, 0.25) is 0 Å². The fourth-order valence-corrected chi connectivity index (χ4v) is 3.05. The van der Waals surface area contributed by atoms with Gasteiger partial charge in [-0.2, -0.15) is 0 Å². The first-order valence-corrected chi connectivity index (χ1v) is 9.42. The zero-order valence-electron chi connectivity index (χ0n) is 16.9. The first-order chi connectivity index (χ1) is 12.8. The van der Waals surface area contributed by atoms with Crippen molar-refractivity contribution in [3.05, 3.63) is 36.3 Å². The molecule has 1 amide bonds. The minimum absolute atomic E-state index is 0.0283. The summed E-state index contributed by atoms with van der Waals surface area (Å²) >= 11 is 0. The Hall–Kier alpha value is -2.47. The third-order valence-electron chi connectivity index (χ3n) is 4.94. The fourth-order valence-electron chi connectivity index (χ4n) is 3.05. The molecule has 0 unspecified atom stereocenters. The Morgan fingerprint density at radius 3 is 2.44 bits per heavy atom. The number of piperazine rings is 1. The number of anilines is 2. The molecular formula is C21H29N5O. The van der Waals surface area contributed by atoms with E-state index in [-0.39, 0.29) is 5.91 Å². The minimum atomic E-state index is -0.475. The fraction of sp³-hybridized carbons (Fsp3) is 0.476. The van der Waals surface area contributed by atoms with Gasteiger partial charge in [0.2, 0.25) is 5.91 Å². The van der Waals surface area contributed by atoms with Crippen molar-refractivity contribution in [1.29, 1.82) is 0 Å². The Balaban J connectivity index is 2.00. The molecule has 2 aromatic rings. The van der Waals surface area contributed by atoms with E-state index < -0.39 is 5.41 Å². The minimum Gasteiger partial charge on any atom is -0.354 e. The first-order valence-electron chi connectivity index (χ1n) is 9.42. The molecule has 0 bridgehead atoms. The van der Waals surface area contributed by atoms with Gasteiger partial charge in [-0.25, -0.2) is 4.98 Å². The molecule has 0 atom stereocenters. The molecule has 0 saturated carbocycles. The first kappa shape index (κ1) is 19.3. The number of likely N-dealkylation sites (N-methyl/N-ethyl adjacent to an activating group) is 1. The molecule has 3 heterocycles. The van der Waals surface area contributed by atoms with E-state index in [0.717, 1.165) is 54.5 Å². The highest BCUT2D eigenvalue weighted by Gasteiger charge is 2.24. The van der Waals surface area contributed by atoms with Gasteiger partial charge in [-0.15, -0.1) is 0 Å². The second kappa shape index (κ2) is 7.64. The number of amides is 1. The maximum Gasteiger partial charge on any atom is 0.229 e. The summed E-state index contributed by atoms with van der Waals surface area (Å²) in [6.07, 6.45) is 3.56. The van der Waals surface area contributed by atoms with Gasteiger partial charge in [0.25, 0.3) is 0 Å². The molecule has 144 valence electrons. The molecule has 1 aliphatic heterocycles. The topological polar surface area (TPSA) is 61.4 Å². The SMILES string of the molecule is Cc1ncccc1-c1cc(N2CCN(C)CC2)ncc1NC(=O)C(C)(C)C. The Morgan fingerprint density at radius 2 is 1.81 bits per heavy atom. The summed E-state index contributed by atoms with van der Waals surface area (Å²) in [6.45, 7) is 11.6. The van der Waals surface area contributed by atoms with Crippen LogP contribution in [0.25, 0.3) is 11.1 Å². The van der Waals surface area contributed by atoms with Crippen LogP contribution in [0.4, 0.5) is 11.5 Å². The summed E-state index contributed by atoms with van der Waals surface area (Å²) in [5, 5.41) is 3.06. The molecule has 0 aromatic carbocycles. The smallest absolute Gasteiger partial charge is 0.229 e. The van der Waals surface area contributed by atoms with Gasteiger partial charge in [-0.1, -0.05) is 26.8 Å². The van der Waals surface area contributed by atoms with Crippen molar-refractivity contribution in [3.63, 3.8) is 0 Å². The van der Waals surface area contributed by atoms with Crippen molar-refractivity contribution in [1.82, 2.24) is 14.9 Å². The van der Waals surface area contributed by atoms with E-state index in [9.17, 15) is 4.79 Å². The molecule has 1 aliphatic rings. The largest absolute Gasteiger partial charge is 0.354 e. The number of carbonyl (C=O) groups excluding carboxylic acids is 1. The van der Waals surface area contributed by atoms with Gasteiger partial charge < -0.3 is 15.1 Å². The number of aromatic nitrogens is 2. The lowest BCUT2D eigenvalue weighted by atomic mass is 9.95. The molecular weight excluding hydrogens is 338 g/mol. The normalized spacial score (nSPS) is 15.7. The van der Waals surface area contributed by atoms with Crippen molar-refractivity contribution in [2.24, 2.45) is 5.41 Å². The van der Waals surface area contributed by atoms with Gasteiger partial charge in [0.05, 0.1) is 11.9 Å². The standard InChI is InChI=1S/C21H29N5O/c1-15-16(7-6-8-22-15)17-13-19(26-11-9-25(5)10-12-26)23-14-18(17)24-20(27)21(2,3)4/h6-8,13-14H,9-12H2,1-5H3,(H,24,27). The van der Waals surface area contributed by atoms with Gasteiger partial charge in [0.15, 0.2) is 0 Å². The van der Waals surface area contributed by atoms with E-state index in [1.807, 2.05) is 39.8 Å². The second-order valence-electron chi connectivity index (χ2n) is 8.22. The molecule has 1 fully saturated rings. The Morgan fingerprint density at radius 1 is 1.11 bits per heavy atom. The molecule has 0 spiro atoms. The van der Waals surface area contributed by atoms with Crippen molar-refractivity contribution >= 4 is 17.4 Å². The molecule has 0 aliphatic carbocycles. The number of nitrogens with zero attached hydrogens (tertiary/aromatic N) is 4. The lowest BCUT2D eigenvalue weighted by molar-refractivity contribution is -0.123. The third-order valence-corrected chi connectivity index (χ3v) is 4.94. The van der Waals surface area contributed by atoms with Gasteiger partial charge in [-0.3, -0.25) is 9.78 Å². The van der Waals surface area contributed by atoms with E-state index in [1.165, 1.54) is 0 Å². The van der Waals surface area contributed by atoms with Crippen molar-refractivity contribution in [3.8, 4) is 11.1 Å². The van der Waals surface area contributed by atoms with Crippen LogP contribution in [0.1, 0.15) is 26.5 Å². The number of pyridine rings is 2. The van der Waals surface area contributed by atoms with Gasteiger partial charge in [-0.05, 0) is 26.1 Å². The van der Waals surface area contributed by atoms with Crippen LogP contribution >= 0.6 is 0 Å². The zero-order valence-corrected chi connectivity index (χ0v) is 16.9. The molecule has 1 N–H and O–H groups in total. The monoisotopic (exact) mass is 367 g/mol. The average molecular weight is 367 g/mol. The summed E-state index contributed by atoms with van der Waals surface area (Å²) in [4.78, 5) is 26.2. The predicted octanol–water partition coefficient (Wildman–Crippen LogP) is 3.19. The summed E-state index contributed by atoms with van der Waals surface area (Å²) < 4.78 is 0. The molecule has 1 saturated heterocycles. The summed E-state index contributed by atoms with van der Waals surface area (Å²) in [5.41, 5.74) is 3.15. The van der Waals surface area contributed by atoms with E-state index in [4.69, 9.17) is 0 Å². The van der Waals surface area contributed by atoms with Crippen LogP contribution < -0.4 is 10.2 Å². The van der Waals surface area contributed by atoms with Crippen LogP contribution in [0.15, 0.2) is 30.6 Å². The number of rotatable bonds is 3. The molecule has 0 radical (unpaired) electrons. The zero-order chi connectivity index (χ0) is 19.6. The number of hydrogen-bond acceptors (Lipinski definition) is 5. The number of carbonyl (C=O) groups is 1. The van der Waals surface area contributed by atoms with E-state index >= 15 is 0 Å². The molecule has 3 rings (SSSR count). The third kappa shape index (κ3) is 4.45. The van der Waals surface area contributed by atoms with Crippen LogP contribution in [0, 0.1) is 12.3 Å². The van der Waals surface area contributed by atoms with Crippen LogP contribution in [0.5, 0.6) is 0 Å². The Labute approximate surface area is 161 Å². The highest BCUT2D eigenvalue weighted by atomic mass is 16.2. The number of aryl methyl sites for hydroxylation is 1. The van der Waals surface area contributed by atoms with Crippen molar-refractivity contribution < 1.29 is 4.79 Å². The van der Waals surface area contributed by atoms with Crippen LogP contribution in [0.3, 0.4) is 0 Å². The molecule has 6 nitrogen and oxygen atoms in total. The van der Waals surface area contributed by atoms with Crippen molar-refractivity contribution in [2.75, 3.05) is 43.4 Å². The molecule has 2 aromatic heterocycles. The maximum absolute atomic E-state index is 12.6. The van der Waals surface area contributed by atoms with Crippen LogP contribution in [-0.2, 0) is 4.79 Å². The average Bonchev–Trinajstić information content (AvgIpc) is 2.62. The molecule has 6 heteroatoms. The summed E-state index contributed by atoms with van der Waals surface area (Å²) in [5.74, 6) is 0.912. The van der Waals surface area contributed by atoms with E-state index in [2.05, 4.69) is 38.2 Å². The van der Waals surface area contributed by atoms with E-state index in [1.54, 1.807) is 12.4 Å². The summed E-state index contributed by atoms with van der Waals surface area (Å²) in [6, 6.07) is 6.04. The van der Waals surface area contributed by atoms with Gasteiger partial charge in [0, 0.05) is 54.6 Å². The second-order valence-corrected chi connectivity index (χ2v) is 8.22. The summed E-state index contributed by atoms with van der Waals surface area (Å²) in [7, 11) is 2.14. The van der Waals surface area contributed by atoms with Crippen LogP contribution in [-0.4, -0.2) is 54.0 Å². The Kier molecular flexibility index (Phi) is 5.46. The quantitative estimate of drug-likeness (QED) is 0.903. The van der Waals surface area contributed by atoms with Gasteiger partial charge in [0.1, 0.15) is 5.82 Å². The highest BCUT2D eigenvalue weighted by Crippen LogP contribution is 2.33.